The molecule has 0 spiro atoms. The molecule has 0 radical (unpaired) electrons. The molecule has 2 aromatic rings. The van der Waals surface area contributed by atoms with Gasteiger partial charge in [-0.3, -0.25) is 14.9 Å². The van der Waals surface area contributed by atoms with Crippen molar-refractivity contribution in [1.29, 1.82) is 0 Å². The molecule has 2 rings (SSSR count). The van der Waals surface area contributed by atoms with Gasteiger partial charge in [-0.05, 0) is 24.3 Å². The topological polar surface area (TPSA) is 60.1 Å². The lowest BCUT2D eigenvalue weighted by Gasteiger charge is -2.07. The van der Waals surface area contributed by atoms with Crippen LogP contribution >= 0.6 is 0 Å². The van der Waals surface area contributed by atoms with Gasteiger partial charge in [0.1, 0.15) is 0 Å². The Hall–Kier alpha value is -2.23. The minimum atomic E-state index is -0.218. The molecule has 1 aromatic heterocycles. The van der Waals surface area contributed by atoms with Crippen LogP contribution in [0.4, 0.5) is 5.69 Å². The maximum atomic E-state index is 11.7. The molecule has 1 aromatic carbocycles. The van der Waals surface area contributed by atoms with E-state index in [-0.39, 0.29) is 5.91 Å². The maximum Gasteiger partial charge on any atom is 0.272 e. The molecule has 0 bridgehead atoms. The number of carbonyl (C=O) groups is 1. The molecule has 0 aliphatic carbocycles. The van der Waals surface area contributed by atoms with Crippen LogP contribution in [-0.2, 0) is 0 Å². The van der Waals surface area contributed by atoms with Crippen LogP contribution in [0.15, 0.2) is 48.8 Å². The molecule has 3 N–H and O–H groups in total. The Bertz CT molecular complexity index is 462. The lowest BCUT2D eigenvalue weighted by atomic mass is 10.2. The molecule has 4 nitrogen and oxygen atoms in total. The fraction of sp³-hybridized carbons (Fsp3) is 0. The Morgan fingerprint density at radius 2 is 1.80 bits per heavy atom. The van der Waals surface area contributed by atoms with Gasteiger partial charge in [0, 0.05) is 18.1 Å². The predicted molar refractivity (Wildman–Crippen MR) is 59.0 cm³/mol. The zero-order valence-corrected chi connectivity index (χ0v) is 8.05. The number of carbonyl (C=O) groups excluding carboxylic acids is 1. The van der Waals surface area contributed by atoms with Crippen LogP contribution in [0.3, 0.4) is 0 Å². The number of rotatable bonds is 2. The van der Waals surface area contributed by atoms with Gasteiger partial charge in [0.05, 0.1) is 5.56 Å². The normalized spacial score (nSPS) is 9.87. The average molecular weight is 201 g/mol. The highest BCUT2D eigenvalue weighted by Crippen LogP contribution is 2.10. The van der Waals surface area contributed by atoms with Crippen molar-refractivity contribution in [3.8, 4) is 0 Å². The summed E-state index contributed by atoms with van der Waals surface area (Å²) in [4.78, 5) is 11.7. The standard InChI is InChI=1S/C11H11N3O/c12-10-6-2-1-5-9(10)11(15)13-14-7-3-4-8-14/h1-8H,12H2,(H,13,15). The molecule has 76 valence electrons. The summed E-state index contributed by atoms with van der Waals surface area (Å²) in [5.74, 6) is -0.218. The molecule has 0 unspecified atom stereocenters. The van der Waals surface area contributed by atoms with Crippen molar-refractivity contribution >= 4 is 11.6 Å². The zero-order valence-electron chi connectivity index (χ0n) is 8.05. The average Bonchev–Trinajstić information content (AvgIpc) is 2.71. The van der Waals surface area contributed by atoms with Gasteiger partial charge in [0.2, 0.25) is 0 Å². The highest BCUT2D eigenvalue weighted by Gasteiger charge is 2.07. The van der Waals surface area contributed by atoms with Crippen LogP contribution < -0.4 is 11.2 Å². The van der Waals surface area contributed by atoms with Crippen molar-refractivity contribution in [1.82, 2.24) is 4.68 Å². The first-order chi connectivity index (χ1) is 7.27. The number of hydrogen-bond acceptors (Lipinski definition) is 2. The van der Waals surface area contributed by atoms with Gasteiger partial charge in [0.25, 0.3) is 5.91 Å². The number of para-hydroxylation sites is 1. The van der Waals surface area contributed by atoms with Crippen molar-refractivity contribution in [2.24, 2.45) is 0 Å². The van der Waals surface area contributed by atoms with Crippen molar-refractivity contribution in [3.05, 3.63) is 54.4 Å². The summed E-state index contributed by atoms with van der Waals surface area (Å²) in [5.41, 5.74) is 9.31. The SMILES string of the molecule is Nc1ccccc1C(=O)Nn1cccc1. The summed E-state index contributed by atoms with van der Waals surface area (Å²) in [5, 5.41) is 0. The van der Waals surface area contributed by atoms with Gasteiger partial charge in [0.15, 0.2) is 0 Å². The van der Waals surface area contributed by atoms with Crippen LogP contribution in [0.5, 0.6) is 0 Å². The van der Waals surface area contributed by atoms with Crippen LogP contribution in [0.1, 0.15) is 10.4 Å². The van der Waals surface area contributed by atoms with Crippen LogP contribution in [-0.4, -0.2) is 10.6 Å². The Morgan fingerprint density at radius 3 is 2.47 bits per heavy atom. The van der Waals surface area contributed by atoms with Gasteiger partial charge in [-0.15, -0.1) is 0 Å². The van der Waals surface area contributed by atoms with E-state index in [0.29, 0.717) is 11.3 Å². The number of amides is 1. The van der Waals surface area contributed by atoms with E-state index in [1.807, 2.05) is 12.1 Å². The van der Waals surface area contributed by atoms with Crippen LogP contribution in [0.2, 0.25) is 0 Å². The largest absolute Gasteiger partial charge is 0.398 e. The molecule has 4 heteroatoms. The van der Waals surface area contributed by atoms with E-state index in [4.69, 9.17) is 5.73 Å². The summed E-state index contributed by atoms with van der Waals surface area (Å²) < 4.78 is 1.58. The highest BCUT2D eigenvalue weighted by molar-refractivity contribution is 6.04. The fourth-order valence-corrected chi connectivity index (χ4v) is 1.29. The van der Waals surface area contributed by atoms with E-state index >= 15 is 0 Å². The number of nitrogens with one attached hydrogen (secondary N) is 1. The van der Waals surface area contributed by atoms with Gasteiger partial charge in [-0.2, -0.15) is 0 Å². The van der Waals surface area contributed by atoms with Gasteiger partial charge in [-0.1, -0.05) is 12.1 Å². The summed E-state index contributed by atoms with van der Waals surface area (Å²) in [6, 6.07) is 10.6. The highest BCUT2D eigenvalue weighted by atomic mass is 16.2. The van der Waals surface area contributed by atoms with Crippen LogP contribution in [0.25, 0.3) is 0 Å². The van der Waals surface area contributed by atoms with E-state index in [1.165, 1.54) is 0 Å². The van der Waals surface area contributed by atoms with Crippen molar-refractivity contribution < 1.29 is 4.79 Å². The number of anilines is 1. The Morgan fingerprint density at radius 1 is 1.13 bits per heavy atom. The smallest absolute Gasteiger partial charge is 0.272 e. The second-order valence-electron chi connectivity index (χ2n) is 3.12. The van der Waals surface area contributed by atoms with Crippen molar-refractivity contribution in [3.63, 3.8) is 0 Å². The Labute approximate surface area is 87.3 Å². The number of aromatic nitrogens is 1. The first kappa shape index (κ1) is 9.33. The fourth-order valence-electron chi connectivity index (χ4n) is 1.29. The summed E-state index contributed by atoms with van der Waals surface area (Å²) >= 11 is 0. The second-order valence-corrected chi connectivity index (χ2v) is 3.12. The van der Waals surface area contributed by atoms with E-state index in [2.05, 4.69) is 5.43 Å². The number of nitrogen functional groups attached to an aromatic ring is 1. The molecule has 0 saturated heterocycles. The zero-order chi connectivity index (χ0) is 10.7. The second kappa shape index (κ2) is 3.88. The maximum absolute atomic E-state index is 11.7. The Kier molecular flexibility index (Phi) is 2.41. The molecular formula is C11H11N3O. The number of benzene rings is 1. The Balaban J connectivity index is 2.19. The molecular weight excluding hydrogens is 190 g/mol. The van der Waals surface area contributed by atoms with Crippen molar-refractivity contribution in [2.45, 2.75) is 0 Å². The predicted octanol–water partition coefficient (Wildman–Crippen LogP) is 1.45. The van der Waals surface area contributed by atoms with E-state index in [1.54, 1.807) is 41.3 Å². The first-order valence-corrected chi connectivity index (χ1v) is 4.56. The third-order valence-electron chi connectivity index (χ3n) is 2.04. The van der Waals surface area contributed by atoms with Gasteiger partial charge < -0.3 is 5.73 Å². The molecule has 0 aliphatic rings. The van der Waals surface area contributed by atoms with Gasteiger partial charge >= 0.3 is 0 Å². The van der Waals surface area contributed by atoms with E-state index in [0.717, 1.165) is 0 Å². The first-order valence-electron chi connectivity index (χ1n) is 4.56. The van der Waals surface area contributed by atoms with E-state index in [9.17, 15) is 4.79 Å². The third kappa shape index (κ3) is 1.99. The number of nitrogens with two attached hydrogens (primary N) is 1. The summed E-state index contributed by atoms with van der Waals surface area (Å²) in [7, 11) is 0. The third-order valence-corrected chi connectivity index (χ3v) is 2.04. The van der Waals surface area contributed by atoms with E-state index < -0.39 is 0 Å². The minimum absolute atomic E-state index is 0.218. The number of hydrogen-bond donors (Lipinski definition) is 2. The molecule has 0 atom stereocenters. The molecule has 15 heavy (non-hydrogen) atoms. The number of nitrogens with zero attached hydrogens (tertiary/aromatic N) is 1. The monoisotopic (exact) mass is 201 g/mol. The minimum Gasteiger partial charge on any atom is -0.398 e. The summed E-state index contributed by atoms with van der Waals surface area (Å²) in [6.45, 7) is 0. The molecule has 1 heterocycles. The lowest BCUT2D eigenvalue weighted by Crippen LogP contribution is -2.22. The molecule has 0 fully saturated rings. The van der Waals surface area contributed by atoms with Gasteiger partial charge in [-0.25, -0.2) is 0 Å². The molecule has 0 aliphatic heterocycles. The summed E-state index contributed by atoms with van der Waals surface area (Å²) in [6.07, 6.45) is 3.49. The van der Waals surface area contributed by atoms with Crippen molar-refractivity contribution in [2.75, 3.05) is 11.2 Å². The molecule has 1 amide bonds. The quantitative estimate of drug-likeness (QED) is 0.722. The lowest BCUT2D eigenvalue weighted by molar-refractivity contribution is 0.101. The molecule has 0 saturated carbocycles. The van der Waals surface area contributed by atoms with Crippen LogP contribution in [0, 0.1) is 0 Å².